The molecule has 0 spiro atoms. The van der Waals surface area contributed by atoms with Gasteiger partial charge in [-0.2, -0.15) is 0 Å². The lowest BCUT2D eigenvalue weighted by molar-refractivity contribution is 0.174. The van der Waals surface area contributed by atoms with E-state index in [2.05, 4.69) is 22.6 Å². The van der Waals surface area contributed by atoms with Crippen molar-refractivity contribution >= 4 is 34.2 Å². The van der Waals surface area contributed by atoms with Gasteiger partial charge in [0.2, 0.25) is 0 Å². The predicted molar refractivity (Wildman–Crippen MR) is 35.3 cm³/mol. The van der Waals surface area contributed by atoms with Crippen molar-refractivity contribution < 1.29 is 4.74 Å². The summed E-state index contributed by atoms with van der Waals surface area (Å²) in [5.41, 5.74) is -0.137. The van der Waals surface area contributed by atoms with Gasteiger partial charge in [0, 0.05) is 0 Å². The molecule has 0 aliphatic heterocycles. The molecule has 0 amide bonds. The maximum Gasteiger partial charge on any atom is 0.129 e. The van der Waals surface area contributed by atoms with Gasteiger partial charge in [-0.15, -0.1) is 0 Å². The molecule has 0 rings (SSSR count). The van der Waals surface area contributed by atoms with Crippen LogP contribution in [-0.2, 0) is 4.74 Å². The van der Waals surface area contributed by atoms with Crippen molar-refractivity contribution in [3.8, 4) is 0 Å². The van der Waals surface area contributed by atoms with Crippen molar-refractivity contribution in [2.45, 2.75) is 12.5 Å². The molecular formula is C3H6ClIO. The van der Waals surface area contributed by atoms with Crippen LogP contribution in [0.3, 0.4) is 0 Å². The Hall–Kier alpha value is 0.980. The minimum atomic E-state index is -0.137. The van der Waals surface area contributed by atoms with Crippen LogP contribution in [-0.4, -0.2) is 10.2 Å². The lowest BCUT2D eigenvalue weighted by Crippen LogP contribution is -1.94. The average molecular weight is 220 g/mol. The Morgan fingerprint density at radius 1 is 2.00 bits per heavy atom. The van der Waals surface area contributed by atoms with Crippen molar-refractivity contribution in [1.29, 1.82) is 0 Å². The summed E-state index contributed by atoms with van der Waals surface area (Å²) in [4.78, 5) is 0. The van der Waals surface area contributed by atoms with Gasteiger partial charge in [0.05, 0.1) is 4.61 Å². The molecule has 0 N–H and O–H groups in total. The highest BCUT2D eigenvalue weighted by Gasteiger charge is 1.87. The normalized spacial score (nSPS) is 14.5. The van der Waals surface area contributed by atoms with Crippen molar-refractivity contribution in [2.24, 2.45) is 0 Å². The molecule has 0 aromatic rings. The summed E-state index contributed by atoms with van der Waals surface area (Å²) in [5, 5.41) is 0. The molecule has 0 saturated heterocycles. The minimum Gasteiger partial charge on any atom is -0.352 e. The summed E-state index contributed by atoms with van der Waals surface area (Å²) in [5.74, 6) is 0. The van der Waals surface area contributed by atoms with Crippen LogP contribution in [0.25, 0.3) is 0 Å². The van der Waals surface area contributed by atoms with Gasteiger partial charge >= 0.3 is 0 Å². The Morgan fingerprint density at radius 3 is 2.50 bits per heavy atom. The topological polar surface area (TPSA) is 9.23 Å². The molecule has 6 heavy (non-hydrogen) atoms. The van der Waals surface area contributed by atoms with Gasteiger partial charge in [0.25, 0.3) is 0 Å². The minimum absolute atomic E-state index is 0.137. The van der Waals surface area contributed by atoms with E-state index in [0.717, 1.165) is 0 Å². The summed E-state index contributed by atoms with van der Waals surface area (Å²) < 4.78 is 5.46. The van der Waals surface area contributed by atoms with Crippen molar-refractivity contribution in [2.75, 3.05) is 4.61 Å². The van der Waals surface area contributed by atoms with E-state index < -0.39 is 0 Å². The molecule has 0 radical (unpaired) electrons. The molecule has 0 bridgehead atoms. The average Bonchev–Trinajstić information content (AvgIpc) is 1.35. The molecule has 3 heteroatoms. The predicted octanol–water partition coefficient (Wildman–Crippen LogP) is 1.98. The first kappa shape index (κ1) is 6.98. The molecule has 0 aromatic carbocycles. The van der Waals surface area contributed by atoms with Gasteiger partial charge in [-0.1, -0.05) is 34.2 Å². The first-order chi connectivity index (χ1) is 2.77. The second-order valence-corrected chi connectivity index (χ2v) is 2.06. The van der Waals surface area contributed by atoms with E-state index in [1.807, 2.05) is 0 Å². The fourth-order valence-electron chi connectivity index (χ4n) is 0.0868. The maximum atomic E-state index is 5.35. The third kappa shape index (κ3) is 4.98. The fourth-order valence-corrected chi connectivity index (χ4v) is 0.902. The highest BCUT2D eigenvalue weighted by atomic mass is 127. The zero-order valence-electron chi connectivity index (χ0n) is 3.45. The van der Waals surface area contributed by atoms with Gasteiger partial charge in [0.1, 0.15) is 5.56 Å². The van der Waals surface area contributed by atoms with Gasteiger partial charge in [-0.25, -0.2) is 0 Å². The van der Waals surface area contributed by atoms with E-state index in [1.165, 1.54) is 0 Å². The van der Waals surface area contributed by atoms with E-state index in [9.17, 15) is 0 Å². The van der Waals surface area contributed by atoms with Crippen LogP contribution in [0.1, 0.15) is 6.92 Å². The van der Waals surface area contributed by atoms with Crippen molar-refractivity contribution in [3.05, 3.63) is 0 Å². The van der Waals surface area contributed by atoms with Gasteiger partial charge in [-0.05, 0) is 6.92 Å². The molecule has 0 heterocycles. The van der Waals surface area contributed by atoms with Crippen LogP contribution >= 0.6 is 34.2 Å². The zero-order chi connectivity index (χ0) is 4.99. The molecule has 0 saturated carbocycles. The molecule has 0 aliphatic carbocycles. The summed E-state index contributed by atoms with van der Waals surface area (Å²) in [6, 6.07) is 0. The largest absolute Gasteiger partial charge is 0.352 e. The Labute approximate surface area is 56.1 Å². The summed E-state index contributed by atoms with van der Waals surface area (Å²) in [7, 11) is 0. The van der Waals surface area contributed by atoms with Crippen molar-refractivity contribution in [1.82, 2.24) is 0 Å². The molecule has 1 nitrogen and oxygen atoms in total. The standard InChI is InChI=1S/C3H6ClIO/c1-3(4)6-2-5/h3H,2H2,1H3. The Morgan fingerprint density at radius 2 is 2.50 bits per heavy atom. The van der Waals surface area contributed by atoms with Crippen molar-refractivity contribution in [3.63, 3.8) is 0 Å². The molecule has 38 valence electrons. The lowest BCUT2D eigenvalue weighted by atomic mass is 10.9. The van der Waals surface area contributed by atoms with Crippen LogP contribution in [0, 0.1) is 0 Å². The monoisotopic (exact) mass is 220 g/mol. The Bertz CT molecular complexity index is 32.0. The molecule has 1 atom stereocenters. The number of ether oxygens (including phenoxy) is 1. The van der Waals surface area contributed by atoms with Crippen LogP contribution in [0.2, 0.25) is 0 Å². The van der Waals surface area contributed by atoms with Crippen LogP contribution in [0.5, 0.6) is 0 Å². The zero-order valence-corrected chi connectivity index (χ0v) is 6.36. The van der Waals surface area contributed by atoms with E-state index in [-0.39, 0.29) is 5.56 Å². The third-order valence-electron chi connectivity index (χ3n) is 0.293. The van der Waals surface area contributed by atoms with E-state index in [1.54, 1.807) is 6.92 Å². The molecule has 1 unspecified atom stereocenters. The Kier molecular flexibility index (Phi) is 4.82. The number of hydrogen-bond acceptors (Lipinski definition) is 1. The van der Waals surface area contributed by atoms with Gasteiger partial charge < -0.3 is 4.74 Å². The van der Waals surface area contributed by atoms with Crippen LogP contribution in [0.4, 0.5) is 0 Å². The molecule has 0 aromatic heterocycles. The van der Waals surface area contributed by atoms with Gasteiger partial charge in [0.15, 0.2) is 0 Å². The summed E-state index contributed by atoms with van der Waals surface area (Å²) >= 11 is 7.45. The van der Waals surface area contributed by atoms with E-state index in [4.69, 9.17) is 16.3 Å². The van der Waals surface area contributed by atoms with E-state index >= 15 is 0 Å². The lowest BCUT2D eigenvalue weighted by Gasteiger charge is -1.96. The van der Waals surface area contributed by atoms with E-state index in [0.29, 0.717) is 4.61 Å². The number of hydrogen-bond donors (Lipinski definition) is 0. The van der Waals surface area contributed by atoms with Gasteiger partial charge in [-0.3, -0.25) is 0 Å². The number of rotatable bonds is 2. The highest BCUT2D eigenvalue weighted by molar-refractivity contribution is 14.1. The molecule has 0 aliphatic rings. The second kappa shape index (κ2) is 4.15. The smallest absolute Gasteiger partial charge is 0.129 e. The number of alkyl halides is 2. The second-order valence-electron chi connectivity index (χ2n) is 0.819. The van der Waals surface area contributed by atoms with Crippen LogP contribution in [0.15, 0.2) is 0 Å². The SMILES string of the molecule is CC(Cl)OCI. The fraction of sp³-hybridized carbons (Fsp3) is 1.00. The first-order valence-corrected chi connectivity index (χ1v) is 3.55. The maximum absolute atomic E-state index is 5.35. The molecule has 0 fully saturated rings. The molecular weight excluding hydrogens is 214 g/mol. The first-order valence-electron chi connectivity index (χ1n) is 1.59. The van der Waals surface area contributed by atoms with Crippen LogP contribution < -0.4 is 0 Å². The third-order valence-corrected chi connectivity index (χ3v) is 0.778. The highest BCUT2D eigenvalue weighted by Crippen LogP contribution is 1.96. The summed E-state index contributed by atoms with van der Waals surface area (Å²) in [6.45, 7) is 1.79. The quantitative estimate of drug-likeness (QED) is 0.511. The summed E-state index contributed by atoms with van der Waals surface area (Å²) in [6.07, 6.45) is 0. The number of halogens is 2. The Balaban J connectivity index is 2.63.